The molecule has 1 amide bonds. The van der Waals surface area contributed by atoms with Gasteiger partial charge in [0.1, 0.15) is 5.69 Å². The van der Waals surface area contributed by atoms with E-state index in [1.54, 1.807) is 36.0 Å². The van der Waals surface area contributed by atoms with Crippen molar-refractivity contribution in [3.63, 3.8) is 0 Å². The van der Waals surface area contributed by atoms with E-state index in [9.17, 15) is 14.9 Å². The fourth-order valence-corrected chi connectivity index (χ4v) is 1.59. The van der Waals surface area contributed by atoms with Crippen LogP contribution >= 0.6 is 0 Å². The monoisotopic (exact) mass is 245 g/mol. The summed E-state index contributed by atoms with van der Waals surface area (Å²) in [5.41, 5.74) is 0.830. The number of nitrogens with zero attached hydrogens (tertiary/aromatic N) is 2. The third-order valence-electron chi connectivity index (χ3n) is 2.49. The zero-order valence-corrected chi connectivity index (χ0v) is 9.66. The van der Waals surface area contributed by atoms with Gasteiger partial charge in [0.25, 0.3) is 11.6 Å². The van der Waals surface area contributed by atoms with E-state index in [1.807, 2.05) is 0 Å². The fraction of sp³-hybridized carbons (Fsp3) is 0.0833. The van der Waals surface area contributed by atoms with Crippen molar-refractivity contribution in [2.45, 2.75) is 0 Å². The number of aromatic nitrogens is 1. The molecule has 1 aromatic carbocycles. The Morgan fingerprint density at radius 2 is 2.11 bits per heavy atom. The molecule has 1 N–H and O–H groups in total. The fourth-order valence-electron chi connectivity index (χ4n) is 1.59. The molecule has 0 fully saturated rings. The average molecular weight is 245 g/mol. The largest absolute Gasteiger partial charge is 0.347 e. The summed E-state index contributed by atoms with van der Waals surface area (Å²) in [6, 6.07) is 9.25. The first-order valence-corrected chi connectivity index (χ1v) is 5.25. The molecular formula is C12H11N3O3. The molecule has 0 unspecified atom stereocenters. The van der Waals surface area contributed by atoms with Gasteiger partial charge in [0.05, 0.1) is 4.92 Å². The molecule has 0 bridgehead atoms. The van der Waals surface area contributed by atoms with Gasteiger partial charge in [-0.05, 0) is 18.2 Å². The lowest BCUT2D eigenvalue weighted by Crippen LogP contribution is -2.15. The number of carbonyl (C=O) groups is 1. The van der Waals surface area contributed by atoms with Crippen molar-refractivity contribution >= 4 is 17.3 Å². The second-order valence-electron chi connectivity index (χ2n) is 3.77. The van der Waals surface area contributed by atoms with Crippen LogP contribution < -0.4 is 5.32 Å². The number of nitrogens with one attached hydrogen (secondary N) is 1. The van der Waals surface area contributed by atoms with Gasteiger partial charge in [-0.15, -0.1) is 0 Å². The molecule has 0 aliphatic carbocycles. The minimum atomic E-state index is -0.502. The Kier molecular flexibility index (Phi) is 3.09. The van der Waals surface area contributed by atoms with Gasteiger partial charge in [0, 0.05) is 31.1 Å². The Labute approximate surface area is 103 Å². The lowest BCUT2D eigenvalue weighted by molar-refractivity contribution is -0.384. The molecule has 0 aliphatic rings. The average Bonchev–Trinajstić information content (AvgIpc) is 2.76. The minimum absolute atomic E-state index is 0.0559. The van der Waals surface area contributed by atoms with Crippen LogP contribution in [-0.2, 0) is 7.05 Å². The first-order valence-electron chi connectivity index (χ1n) is 5.25. The predicted octanol–water partition coefficient (Wildman–Crippen LogP) is 2.19. The molecule has 2 aromatic rings. The highest BCUT2D eigenvalue weighted by atomic mass is 16.6. The van der Waals surface area contributed by atoms with Crippen molar-refractivity contribution in [1.29, 1.82) is 0 Å². The smallest absolute Gasteiger partial charge is 0.272 e. The Bertz CT molecular complexity index is 604. The molecule has 18 heavy (non-hydrogen) atoms. The topological polar surface area (TPSA) is 77.2 Å². The standard InChI is InChI=1S/C12H11N3O3/c1-14-7-3-6-11(14)12(16)13-9-4-2-5-10(8-9)15(17)18/h2-8H,1H3,(H,13,16). The van der Waals surface area contributed by atoms with E-state index in [2.05, 4.69) is 5.32 Å². The highest BCUT2D eigenvalue weighted by Gasteiger charge is 2.11. The molecule has 0 saturated heterocycles. The lowest BCUT2D eigenvalue weighted by Gasteiger charge is -2.05. The van der Waals surface area contributed by atoms with E-state index in [1.165, 1.54) is 18.2 Å². The number of carbonyl (C=O) groups excluding carboxylic acids is 1. The van der Waals surface area contributed by atoms with Crippen LogP contribution in [0.5, 0.6) is 0 Å². The Hall–Kier alpha value is -2.63. The Morgan fingerprint density at radius 1 is 1.33 bits per heavy atom. The molecule has 2 rings (SSSR count). The van der Waals surface area contributed by atoms with Crippen LogP contribution in [0.15, 0.2) is 42.6 Å². The van der Waals surface area contributed by atoms with Crippen LogP contribution in [0.2, 0.25) is 0 Å². The molecule has 0 radical (unpaired) electrons. The van der Waals surface area contributed by atoms with Crippen LogP contribution in [0.25, 0.3) is 0 Å². The molecule has 92 valence electrons. The van der Waals surface area contributed by atoms with E-state index < -0.39 is 4.92 Å². The summed E-state index contributed by atoms with van der Waals surface area (Å²) in [5, 5.41) is 13.2. The normalized spacial score (nSPS) is 10.1. The minimum Gasteiger partial charge on any atom is -0.347 e. The number of hydrogen-bond donors (Lipinski definition) is 1. The van der Waals surface area contributed by atoms with Gasteiger partial charge in [0.2, 0.25) is 0 Å². The van der Waals surface area contributed by atoms with Gasteiger partial charge in [-0.25, -0.2) is 0 Å². The van der Waals surface area contributed by atoms with Gasteiger partial charge in [-0.2, -0.15) is 0 Å². The summed E-state index contributed by atoms with van der Waals surface area (Å²) >= 11 is 0. The molecule has 0 atom stereocenters. The van der Waals surface area contributed by atoms with Crippen LogP contribution in [0, 0.1) is 10.1 Å². The van der Waals surface area contributed by atoms with Crippen molar-refractivity contribution in [1.82, 2.24) is 4.57 Å². The number of nitro groups is 1. The molecular weight excluding hydrogens is 234 g/mol. The van der Waals surface area contributed by atoms with Gasteiger partial charge in [-0.1, -0.05) is 6.07 Å². The number of anilines is 1. The summed E-state index contributed by atoms with van der Waals surface area (Å²) in [4.78, 5) is 22.0. The van der Waals surface area contributed by atoms with Crippen LogP contribution in [0.3, 0.4) is 0 Å². The maximum atomic E-state index is 11.9. The number of hydrogen-bond acceptors (Lipinski definition) is 3. The Morgan fingerprint density at radius 3 is 2.72 bits per heavy atom. The predicted molar refractivity (Wildman–Crippen MR) is 66.5 cm³/mol. The lowest BCUT2D eigenvalue weighted by atomic mass is 10.2. The molecule has 0 spiro atoms. The molecule has 6 heteroatoms. The van der Waals surface area contributed by atoms with Gasteiger partial charge < -0.3 is 9.88 Å². The third-order valence-corrected chi connectivity index (χ3v) is 2.49. The molecule has 1 aromatic heterocycles. The Balaban J connectivity index is 2.20. The maximum Gasteiger partial charge on any atom is 0.272 e. The number of rotatable bonds is 3. The van der Waals surface area contributed by atoms with E-state index in [4.69, 9.17) is 0 Å². The molecule has 1 heterocycles. The number of nitro benzene ring substituents is 1. The van der Waals surface area contributed by atoms with Crippen LogP contribution in [0.4, 0.5) is 11.4 Å². The highest BCUT2D eigenvalue weighted by Crippen LogP contribution is 2.17. The van der Waals surface area contributed by atoms with Gasteiger partial charge in [-0.3, -0.25) is 14.9 Å². The highest BCUT2D eigenvalue weighted by molar-refractivity contribution is 6.03. The summed E-state index contributed by atoms with van der Waals surface area (Å²) in [6.45, 7) is 0. The summed E-state index contributed by atoms with van der Waals surface area (Å²) in [6.07, 6.45) is 1.75. The molecule has 0 aliphatic heterocycles. The van der Waals surface area contributed by atoms with E-state index in [0.29, 0.717) is 11.4 Å². The van der Waals surface area contributed by atoms with E-state index in [-0.39, 0.29) is 11.6 Å². The summed E-state index contributed by atoms with van der Waals surface area (Å²) in [7, 11) is 1.75. The van der Waals surface area contributed by atoms with Crippen molar-refractivity contribution in [2.75, 3.05) is 5.32 Å². The zero-order valence-electron chi connectivity index (χ0n) is 9.66. The number of amides is 1. The quantitative estimate of drug-likeness (QED) is 0.665. The molecule has 0 saturated carbocycles. The van der Waals surface area contributed by atoms with E-state index in [0.717, 1.165) is 0 Å². The SMILES string of the molecule is Cn1cccc1C(=O)Nc1cccc([N+](=O)[O-])c1. The van der Waals surface area contributed by atoms with Crippen molar-refractivity contribution in [3.05, 3.63) is 58.4 Å². The van der Waals surface area contributed by atoms with Crippen molar-refractivity contribution < 1.29 is 9.72 Å². The summed E-state index contributed by atoms with van der Waals surface area (Å²) in [5.74, 6) is -0.303. The van der Waals surface area contributed by atoms with Crippen LogP contribution in [-0.4, -0.2) is 15.4 Å². The first kappa shape index (κ1) is 11.8. The zero-order chi connectivity index (χ0) is 13.1. The third kappa shape index (κ3) is 2.37. The number of non-ortho nitro benzene ring substituents is 1. The van der Waals surface area contributed by atoms with Gasteiger partial charge in [0.15, 0.2) is 0 Å². The van der Waals surface area contributed by atoms with E-state index >= 15 is 0 Å². The van der Waals surface area contributed by atoms with Gasteiger partial charge >= 0.3 is 0 Å². The second-order valence-corrected chi connectivity index (χ2v) is 3.77. The van der Waals surface area contributed by atoms with Crippen molar-refractivity contribution in [2.24, 2.45) is 7.05 Å². The van der Waals surface area contributed by atoms with Crippen LogP contribution in [0.1, 0.15) is 10.5 Å². The molecule has 6 nitrogen and oxygen atoms in total. The maximum absolute atomic E-state index is 11.9. The summed E-state index contributed by atoms with van der Waals surface area (Å²) < 4.78 is 1.67. The van der Waals surface area contributed by atoms with Crippen molar-refractivity contribution in [3.8, 4) is 0 Å². The number of benzene rings is 1. The number of aryl methyl sites for hydroxylation is 1. The second kappa shape index (κ2) is 4.70. The first-order chi connectivity index (χ1) is 8.58.